The molecule has 0 aliphatic carbocycles. The third-order valence-corrected chi connectivity index (χ3v) is 6.05. The number of aryl methyl sites for hydroxylation is 1. The maximum absolute atomic E-state index is 12.4. The van der Waals surface area contributed by atoms with Crippen LogP contribution in [0.3, 0.4) is 0 Å². The lowest BCUT2D eigenvalue weighted by Crippen LogP contribution is -2.14. The molecule has 0 aliphatic heterocycles. The van der Waals surface area contributed by atoms with Crippen molar-refractivity contribution >= 4 is 51.0 Å². The highest BCUT2D eigenvalue weighted by molar-refractivity contribution is 8.00. The summed E-state index contributed by atoms with van der Waals surface area (Å²) in [4.78, 5) is 32.9. The summed E-state index contributed by atoms with van der Waals surface area (Å²) in [6.07, 6.45) is 0.919. The number of benzene rings is 1. The van der Waals surface area contributed by atoms with Crippen molar-refractivity contribution in [2.24, 2.45) is 0 Å². The first-order chi connectivity index (χ1) is 14.5. The van der Waals surface area contributed by atoms with Crippen molar-refractivity contribution in [3.05, 3.63) is 40.9 Å². The van der Waals surface area contributed by atoms with Gasteiger partial charge in [0.15, 0.2) is 5.13 Å². The van der Waals surface area contributed by atoms with Crippen molar-refractivity contribution in [1.82, 2.24) is 9.97 Å². The Balaban J connectivity index is 1.63. The van der Waals surface area contributed by atoms with E-state index in [0.29, 0.717) is 17.4 Å². The fourth-order valence-corrected chi connectivity index (χ4v) is 4.39. The number of rotatable bonds is 9. The van der Waals surface area contributed by atoms with Gasteiger partial charge in [-0.15, -0.1) is 11.3 Å². The fourth-order valence-electron chi connectivity index (χ4n) is 2.77. The van der Waals surface area contributed by atoms with Crippen LogP contribution in [0.2, 0.25) is 0 Å². The normalized spacial score (nSPS) is 10.8. The number of aromatic nitrogens is 2. The highest BCUT2D eigenvalue weighted by Crippen LogP contribution is 2.28. The molecular weight excluding hydrogens is 422 g/mol. The van der Waals surface area contributed by atoms with Crippen molar-refractivity contribution in [3.8, 4) is 5.75 Å². The average molecular weight is 446 g/mol. The van der Waals surface area contributed by atoms with Crippen LogP contribution in [0.15, 0.2) is 34.7 Å². The van der Waals surface area contributed by atoms with Crippen LogP contribution in [-0.4, -0.2) is 41.3 Å². The lowest BCUT2D eigenvalue weighted by molar-refractivity contribution is -0.142. The number of hydrogen-bond donors (Lipinski definition) is 1. The summed E-state index contributed by atoms with van der Waals surface area (Å²) in [6, 6.07) is 7.88. The van der Waals surface area contributed by atoms with Crippen LogP contribution in [0, 0.1) is 0 Å². The number of thiazole rings is 1. The van der Waals surface area contributed by atoms with E-state index in [-0.39, 0.29) is 24.1 Å². The predicted molar refractivity (Wildman–Crippen MR) is 119 cm³/mol. The van der Waals surface area contributed by atoms with E-state index < -0.39 is 0 Å². The number of amides is 1. The summed E-state index contributed by atoms with van der Waals surface area (Å²) in [6.45, 7) is 4.16. The molecule has 0 fully saturated rings. The van der Waals surface area contributed by atoms with Crippen molar-refractivity contribution in [1.29, 1.82) is 0 Å². The maximum Gasteiger partial charge on any atom is 0.311 e. The minimum absolute atomic E-state index is 0.0965. The molecule has 0 spiro atoms. The molecule has 7 nitrogen and oxygen atoms in total. The van der Waals surface area contributed by atoms with Gasteiger partial charge in [-0.2, -0.15) is 0 Å². The van der Waals surface area contributed by atoms with Crippen LogP contribution in [0.1, 0.15) is 25.1 Å². The molecule has 1 aromatic carbocycles. The van der Waals surface area contributed by atoms with Gasteiger partial charge in [-0.25, -0.2) is 9.97 Å². The summed E-state index contributed by atoms with van der Waals surface area (Å²) >= 11 is 2.67. The molecule has 0 bridgehead atoms. The third-order valence-electron chi connectivity index (χ3n) is 4.21. The van der Waals surface area contributed by atoms with E-state index in [9.17, 15) is 9.59 Å². The number of fused-ring (bicyclic) bond motifs is 1. The number of esters is 1. The number of carbonyl (C=O) groups is 2. The quantitative estimate of drug-likeness (QED) is 0.392. The van der Waals surface area contributed by atoms with Crippen molar-refractivity contribution in [3.63, 3.8) is 0 Å². The van der Waals surface area contributed by atoms with Crippen molar-refractivity contribution in [2.45, 2.75) is 31.7 Å². The Morgan fingerprint density at radius 3 is 2.77 bits per heavy atom. The van der Waals surface area contributed by atoms with Gasteiger partial charge in [0.1, 0.15) is 10.8 Å². The summed E-state index contributed by atoms with van der Waals surface area (Å²) in [7, 11) is 1.62. The Labute approximate surface area is 183 Å². The number of pyridine rings is 1. The second-order valence-electron chi connectivity index (χ2n) is 6.33. The topological polar surface area (TPSA) is 90.4 Å². The number of nitrogens with one attached hydrogen (secondary N) is 1. The molecule has 9 heteroatoms. The molecule has 2 heterocycles. The number of hydrogen-bond acceptors (Lipinski definition) is 8. The predicted octanol–water partition coefficient (Wildman–Crippen LogP) is 4.10. The Morgan fingerprint density at radius 1 is 1.20 bits per heavy atom. The van der Waals surface area contributed by atoms with Crippen molar-refractivity contribution in [2.75, 3.05) is 24.8 Å². The fraction of sp³-hybridized carbons (Fsp3) is 0.333. The van der Waals surface area contributed by atoms with E-state index in [2.05, 4.69) is 23.3 Å². The smallest absolute Gasteiger partial charge is 0.311 e. The summed E-state index contributed by atoms with van der Waals surface area (Å²) < 4.78 is 10.2. The maximum atomic E-state index is 12.4. The molecule has 0 aliphatic rings. The zero-order chi connectivity index (χ0) is 21.5. The van der Waals surface area contributed by atoms with E-state index in [1.54, 1.807) is 19.4 Å². The van der Waals surface area contributed by atoms with E-state index in [0.717, 1.165) is 33.7 Å². The van der Waals surface area contributed by atoms with Crippen LogP contribution in [0.25, 0.3) is 10.9 Å². The SMILES string of the molecule is CCOC(=O)Cc1csc(NC(=O)CSc2nc3cc(OC)ccc3cc2CC)n1. The lowest BCUT2D eigenvalue weighted by Gasteiger charge is -2.10. The molecule has 3 rings (SSSR count). The molecule has 3 aromatic rings. The first kappa shape index (κ1) is 22.0. The van der Waals surface area contributed by atoms with Gasteiger partial charge >= 0.3 is 5.97 Å². The van der Waals surface area contributed by atoms with Gasteiger partial charge in [-0.05, 0) is 37.1 Å². The molecular formula is C21H23N3O4S2. The van der Waals surface area contributed by atoms with E-state index in [1.807, 2.05) is 18.2 Å². The number of thioether (sulfide) groups is 1. The number of ether oxygens (including phenoxy) is 2. The minimum atomic E-state index is -0.331. The summed E-state index contributed by atoms with van der Waals surface area (Å²) in [5, 5.41) is 6.86. The van der Waals surface area contributed by atoms with Crippen LogP contribution in [-0.2, 0) is 27.2 Å². The molecule has 0 radical (unpaired) electrons. The first-order valence-corrected chi connectivity index (χ1v) is 11.4. The van der Waals surface area contributed by atoms with E-state index in [1.165, 1.54) is 23.1 Å². The van der Waals surface area contributed by atoms with Gasteiger partial charge in [-0.1, -0.05) is 18.7 Å². The van der Waals surface area contributed by atoms with E-state index in [4.69, 9.17) is 14.5 Å². The van der Waals surface area contributed by atoms with Crippen molar-refractivity contribution < 1.29 is 19.1 Å². The third kappa shape index (κ3) is 5.70. The molecule has 0 saturated carbocycles. The number of carbonyl (C=O) groups excluding carboxylic acids is 2. The molecule has 0 saturated heterocycles. The monoisotopic (exact) mass is 445 g/mol. The van der Waals surface area contributed by atoms with Crippen LogP contribution >= 0.6 is 23.1 Å². The standard InChI is InChI=1S/C21H23N3O4S2/c1-4-13-8-14-6-7-16(27-3)10-17(14)23-20(13)29-12-18(25)24-21-22-15(11-30-21)9-19(26)28-5-2/h6-8,10-11H,4-5,9,12H2,1-3H3,(H,22,24,25). The largest absolute Gasteiger partial charge is 0.497 e. The van der Waals surface area contributed by atoms with Crippen LogP contribution < -0.4 is 10.1 Å². The molecule has 2 aromatic heterocycles. The van der Waals surface area contributed by atoms with E-state index >= 15 is 0 Å². The van der Waals surface area contributed by atoms with Gasteiger partial charge in [0.05, 0.1) is 37.1 Å². The first-order valence-electron chi connectivity index (χ1n) is 9.52. The van der Waals surface area contributed by atoms with Gasteiger partial charge in [-0.3, -0.25) is 9.59 Å². The number of anilines is 1. The Morgan fingerprint density at radius 2 is 2.03 bits per heavy atom. The van der Waals surface area contributed by atoms with Crippen LogP contribution in [0.4, 0.5) is 5.13 Å². The molecule has 30 heavy (non-hydrogen) atoms. The molecule has 1 amide bonds. The zero-order valence-electron chi connectivity index (χ0n) is 17.1. The molecule has 1 N–H and O–H groups in total. The molecule has 0 atom stereocenters. The number of nitrogens with zero attached hydrogens (tertiary/aromatic N) is 2. The number of methoxy groups -OCH3 is 1. The molecule has 0 unspecified atom stereocenters. The van der Waals surface area contributed by atoms with Gasteiger partial charge in [0, 0.05) is 16.8 Å². The van der Waals surface area contributed by atoms with Gasteiger partial charge in [0.25, 0.3) is 0 Å². The minimum Gasteiger partial charge on any atom is -0.497 e. The molecule has 158 valence electrons. The second-order valence-corrected chi connectivity index (χ2v) is 8.15. The highest BCUT2D eigenvalue weighted by Gasteiger charge is 2.13. The van der Waals surface area contributed by atoms with Gasteiger partial charge < -0.3 is 14.8 Å². The lowest BCUT2D eigenvalue weighted by atomic mass is 10.1. The Bertz CT molecular complexity index is 1050. The Hall–Kier alpha value is -2.65. The second kappa shape index (κ2) is 10.4. The van der Waals surface area contributed by atoms with Gasteiger partial charge in [0.2, 0.25) is 5.91 Å². The van der Waals surface area contributed by atoms with Crippen LogP contribution in [0.5, 0.6) is 5.75 Å². The Kier molecular flexibility index (Phi) is 7.64. The zero-order valence-corrected chi connectivity index (χ0v) is 18.7. The summed E-state index contributed by atoms with van der Waals surface area (Å²) in [5.74, 6) is 0.451. The highest BCUT2D eigenvalue weighted by atomic mass is 32.2. The average Bonchev–Trinajstić information content (AvgIpc) is 3.17. The summed E-state index contributed by atoms with van der Waals surface area (Å²) in [5.41, 5.74) is 2.51.